The first-order valence-corrected chi connectivity index (χ1v) is 6.65. The van der Waals surface area contributed by atoms with E-state index in [4.69, 9.17) is 0 Å². The Kier molecular flexibility index (Phi) is 3.07. The Labute approximate surface area is 105 Å². The van der Waals surface area contributed by atoms with Gasteiger partial charge in [0, 0.05) is 0 Å². The first-order chi connectivity index (χ1) is 7.82. The molecule has 0 amide bonds. The lowest BCUT2D eigenvalue weighted by molar-refractivity contribution is -0.0471. The molecule has 0 heterocycles. The van der Waals surface area contributed by atoms with Crippen LogP contribution >= 0.6 is 0 Å². The molecule has 0 saturated heterocycles. The standard InChI is InChI=1S/C16H24O/c1-15(2,3)16(4,17)14-10-6-9-13(11-14)12-7-5-8-12/h6,9-12,17H,5,7-8H2,1-4H3. The second-order valence-electron chi connectivity index (χ2n) is 6.58. The van der Waals surface area contributed by atoms with Crippen molar-refractivity contribution in [3.63, 3.8) is 0 Å². The molecule has 1 nitrogen and oxygen atoms in total. The third-order valence-corrected chi connectivity index (χ3v) is 4.49. The van der Waals surface area contributed by atoms with Gasteiger partial charge in [-0.3, -0.25) is 0 Å². The lowest BCUT2D eigenvalue weighted by Crippen LogP contribution is -2.37. The first-order valence-electron chi connectivity index (χ1n) is 6.65. The highest BCUT2D eigenvalue weighted by molar-refractivity contribution is 5.32. The predicted molar refractivity (Wildman–Crippen MR) is 72.1 cm³/mol. The summed E-state index contributed by atoms with van der Waals surface area (Å²) in [5.41, 5.74) is 1.53. The smallest absolute Gasteiger partial charge is 0.0916 e. The molecule has 1 atom stereocenters. The van der Waals surface area contributed by atoms with E-state index in [0.29, 0.717) is 0 Å². The molecule has 0 bridgehead atoms. The van der Waals surface area contributed by atoms with Crippen molar-refractivity contribution in [2.24, 2.45) is 5.41 Å². The third-order valence-electron chi connectivity index (χ3n) is 4.49. The van der Waals surface area contributed by atoms with Gasteiger partial charge in [-0.15, -0.1) is 0 Å². The number of rotatable bonds is 2. The second-order valence-corrected chi connectivity index (χ2v) is 6.58. The average molecular weight is 232 g/mol. The van der Waals surface area contributed by atoms with Crippen LogP contribution in [0.1, 0.15) is 64.0 Å². The molecule has 94 valence electrons. The fourth-order valence-corrected chi connectivity index (χ4v) is 2.27. The summed E-state index contributed by atoms with van der Waals surface area (Å²) in [4.78, 5) is 0. The number of hydrogen-bond acceptors (Lipinski definition) is 1. The van der Waals surface area contributed by atoms with Crippen molar-refractivity contribution in [3.8, 4) is 0 Å². The molecule has 1 saturated carbocycles. The highest BCUT2D eigenvalue weighted by Gasteiger charge is 2.37. The molecule has 1 aliphatic carbocycles. The van der Waals surface area contributed by atoms with Crippen molar-refractivity contribution in [1.82, 2.24) is 0 Å². The summed E-state index contributed by atoms with van der Waals surface area (Å²) in [7, 11) is 0. The van der Waals surface area contributed by atoms with E-state index in [1.807, 2.05) is 13.0 Å². The summed E-state index contributed by atoms with van der Waals surface area (Å²) in [5, 5.41) is 10.7. The van der Waals surface area contributed by atoms with E-state index >= 15 is 0 Å². The van der Waals surface area contributed by atoms with Gasteiger partial charge in [0.25, 0.3) is 0 Å². The van der Waals surface area contributed by atoms with Crippen LogP contribution in [0.25, 0.3) is 0 Å². The normalized spacial score (nSPS) is 20.8. The van der Waals surface area contributed by atoms with Gasteiger partial charge in [0.05, 0.1) is 5.60 Å². The Bertz CT molecular complexity index is 394. The SMILES string of the molecule is CC(C)(C)C(C)(O)c1cccc(C2CCC2)c1. The highest BCUT2D eigenvalue weighted by Crippen LogP contribution is 2.41. The van der Waals surface area contributed by atoms with E-state index in [-0.39, 0.29) is 5.41 Å². The van der Waals surface area contributed by atoms with Crippen LogP contribution < -0.4 is 0 Å². The summed E-state index contributed by atoms with van der Waals surface area (Å²) in [5.74, 6) is 0.728. The Morgan fingerprint density at radius 2 is 1.76 bits per heavy atom. The summed E-state index contributed by atoms with van der Waals surface area (Å²) >= 11 is 0. The van der Waals surface area contributed by atoms with Gasteiger partial charge in [0.15, 0.2) is 0 Å². The van der Waals surface area contributed by atoms with Crippen LogP contribution in [0, 0.1) is 5.41 Å². The maximum absolute atomic E-state index is 10.7. The average Bonchev–Trinajstić information content (AvgIpc) is 2.13. The van der Waals surface area contributed by atoms with Gasteiger partial charge in [0.2, 0.25) is 0 Å². The van der Waals surface area contributed by atoms with Gasteiger partial charge >= 0.3 is 0 Å². The van der Waals surface area contributed by atoms with Crippen molar-refractivity contribution in [1.29, 1.82) is 0 Å². The molecule has 1 N–H and O–H groups in total. The monoisotopic (exact) mass is 232 g/mol. The van der Waals surface area contributed by atoms with Crippen LogP contribution in [-0.2, 0) is 5.60 Å². The molecule has 1 aromatic rings. The van der Waals surface area contributed by atoms with Gasteiger partial charge in [-0.2, -0.15) is 0 Å². The van der Waals surface area contributed by atoms with E-state index in [1.165, 1.54) is 24.8 Å². The van der Waals surface area contributed by atoms with Crippen LogP contribution in [0.3, 0.4) is 0 Å². The van der Waals surface area contributed by atoms with Gasteiger partial charge in [-0.05, 0) is 42.2 Å². The van der Waals surface area contributed by atoms with Crippen LogP contribution in [0.5, 0.6) is 0 Å². The van der Waals surface area contributed by atoms with Crippen LogP contribution in [-0.4, -0.2) is 5.11 Å². The molecule has 0 aliphatic heterocycles. The molecular weight excluding hydrogens is 208 g/mol. The highest BCUT2D eigenvalue weighted by atomic mass is 16.3. The molecule has 1 aromatic carbocycles. The molecular formula is C16H24O. The van der Waals surface area contributed by atoms with E-state index < -0.39 is 5.60 Å². The van der Waals surface area contributed by atoms with Crippen molar-refractivity contribution in [2.45, 2.75) is 58.5 Å². The zero-order valence-electron chi connectivity index (χ0n) is 11.5. The lowest BCUT2D eigenvalue weighted by atomic mass is 9.72. The first kappa shape index (κ1) is 12.6. The second kappa shape index (κ2) is 4.13. The van der Waals surface area contributed by atoms with Crippen molar-refractivity contribution in [2.75, 3.05) is 0 Å². The van der Waals surface area contributed by atoms with Gasteiger partial charge in [-0.1, -0.05) is 51.5 Å². The molecule has 1 fully saturated rings. The Balaban J connectivity index is 2.32. The zero-order valence-corrected chi connectivity index (χ0v) is 11.5. The number of aliphatic hydroxyl groups is 1. The van der Waals surface area contributed by atoms with Crippen LogP contribution in [0.2, 0.25) is 0 Å². The van der Waals surface area contributed by atoms with Gasteiger partial charge < -0.3 is 5.11 Å². The summed E-state index contributed by atoms with van der Waals surface area (Å²) in [6.07, 6.45) is 3.97. The maximum Gasteiger partial charge on any atom is 0.0916 e. The van der Waals surface area contributed by atoms with Crippen molar-refractivity contribution in [3.05, 3.63) is 35.4 Å². The molecule has 1 heteroatoms. The molecule has 2 rings (SSSR count). The Morgan fingerprint density at radius 3 is 2.24 bits per heavy atom. The lowest BCUT2D eigenvalue weighted by Gasteiger charge is -2.38. The summed E-state index contributed by atoms with van der Waals surface area (Å²) in [6, 6.07) is 8.54. The van der Waals surface area contributed by atoms with Crippen LogP contribution in [0.4, 0.5) is 0 Å². The number of benzene rings is 1. The quantitative estimate of drug-likeness (QED) is 0.810. The molecule has 1 unspecified atom stereocenters. The molecule has 17 heavy (non-hydrogen) atoms. The van der Waals surface area contributed by atoms with E-state index in [1.54, 1.807) is 0 Å². The predicted octanol–water partition coefficient (Wildman–Crippen LogP) is 4.21. The zero-order chi connectivity index (χ0) is 12.7. The molecule has 1 aliphatic rings. The topological polar surface area (TPSA) is 20.2 Å². The van der Waals surface area contributed by atoms with E-state index in [0.717, 1.165) is 11.5 Å². The van der Waals surface area contributed by atoms with Gasteiger partial charge in [0.1, 0.15) is 0 Å². The fourth-order valence-electron chi connectivity index (χ4n) is 2.27. The minimum Gasteiger partial charge on any atom is -0.385 e. The Morgan fingerprint density at radius 1 is 1.12 bits per heavy atom. The van der Waals surface area contributed by atoms with Crippen molar-refractivity contribution < 1.29 is 5.11 Å². The van der Waals surface area contributed by atoms with Gasteiger partial charge in [-0.25, -0.2) is 0 Å². The number of hydrogen-bond donors (Lipinski definition) is 1. The minimum absolute atomic E-state index is 0.148. The van der Waals surface area contributed by atoms with E-state index in [2.05, 4.69) is 39.0 Å². The Hall–Kier alpha value is -0.820. The summed E-state index contributed by atoms with van der Waals surface area (Å²) in [6.45, 7) is 8.18. The minimum atomic E-state index is -0.771. The van der Waals surface area contributed by atoms with Crippen molar-refractivity contribution >= 4 is 0 Å². The fraction of sp³-hybridized carbons (Fsp3) is 0.625. The third kappa shape index (κ3) is 2.26. The maximum atomic E-state index is 10.7. The van der Waals surface area contributed by atoms with E-state index in [9.17, 15) is 5.11 Å². The van der Waals surface area contributed by atoms with Crippen LogP contribution in [0.15, 0.2) is 24.3 Å². The molecule has 0 spiro atoms. The largest absolute Gasteiger partial charge is 0.385 e. The molecule has 0 aromatic heterocycles. The summed E-state index contributed by atoms with van der Waals surface area (Å²) < 4.78 is 0. The molecule has 0 radical (unpaired) electrons.